The quantitative estimate of drug-likeness (QED) is 0.764. The molecule has 0 aliphatic rings. The third-order valence-electron chi connectivity index (χ3n) is 1.43. The zero-order chi connectivity index (χ0) is 11.1. The maximum absolute atomic E-state index is 11.3. The van der Waals surface area contributed by atoms with Gasteiger partial charge in [-0.1, -0.05) is 0 Å². The van der Waals surface area contributed by atoms with Gasteiger partial charge in [0.15, 0.2) is 0 Å². The monoisotopic (exact) mass is 226 g/mol. The molecule has 1 heterocycles. The number of hydrogen-bond donors (Lipinski definition) is 2. The minimum Gasteiger partial charge on any atom is -0.327 e. The van der Waals surface area contributed by atoms with Crippen molar-refractivity contribution in [3.05, 3.63) is 18.5 Å². The number of rotatable bonds is 5. The summed E-state index contributed by atoms with van der Waals surface area (Å²) in [4.78, 5) is 19.1. The highest BCUT2D eigenvalue weighted by atomic mass is 32.2. The molecule has 0 aliphatic carbocycles. The number of anilines is 1. The molecule has 5 nitrogen and oxygen atoms in total. The minimum absolute atomic E-state index is 0.105. The summed E-state index contributed by atoms with van der Waals surface area (Å²) in [6.07, 6.45) is 3.16. The molecule has 0 saturated heterocycles. The normalized spacial score (nSPS) is 12.1. The summed E-state index contributed by atoms with van der Waals surface area (Å²) < 4.78 is 0. The van der Waals surface area contributed by atoms with Crippen molar-refractivity contribution in [3.8, 4) is 0 Å². The molecule has 0 aliphatic heterocycles. The zero-order valence-electron chi connectivity index (χ0n) is 8.51. The lowest BCUT2D eigenvalue weighted by Crippen LogP contribution is -2.21. The Morgan fingerprint density at radius 3 is 2.87 bits per heavy atom. The molecule has 1 amide bonds. The number of carbonyl (C=O) groups is 1. The van der Waals surface area contributed by atoms with Crippen LogP contribution in [0.5, 0.6) is 0 Å². The number of thioether (sulfide) groups is 1. The van der Waals surface area contributed by atoms with E-state index in [1.807, 2.05) is 6.92 Å². The third-order valence-corrected chi connectivity index (χ3v) is 2.66. The van der Waals surface area contributed by atoms with Crippen molar-refractivity contribution in [2.45, 2.75) is 13.0 Å². The number of carbonyl (C=O) groups excluding carboxylic acids is 1. The van der Waals surface area contributed by atoms with E-state index in [2.05, 4.69) is 15.3 Å². The van der Waals surface area contributed by atoms with Crippen LogP contribution in [0.25, 0.3) is 0 Å². The maximum Gasteiger partial charge on any atom is 0.236 e. The summed E-state index contributed by atoms with van der Waals surface area (Å²) in [6.45, 7) is 1.91. The first-order valence-electron chi connectivity index (χ1n) is 4.58. The smallest absolute Gasteiger partial charge is 0.236 e. The summed E-state index contributed by atoms with van der Waals surface area (Å²) in [5, 5.41) is 2.59. The fourth-order valence-corrected chi connectivity index (χ4v) is 1.61. The SMILES string of the molecule is CC(N)CSCC(=O)Nc1ncccn1. The van der Waals surface area contributed by atoms with Gasteiger partial charge in [0.05, 0.1) is 5.75 Å². The van der Waals surface area contributed by atoms with Gasteiger partial charge in [0.2, 0.25) is 11.9 Å². The number of hydrogen-bond acceptors (Lipinski definition) is 5. The molecule has 15 heavy (non-hydrogen) atoms. The number of nitrogens with two attached hydrogens (primary N) is 1. The Balaban J connectivity index is 2.25. The highest BCUT2D eigenvalue weighted by Gasteiger charge is 2.04. The Hall–Kier alpha value is -1.14. The van der Waals surface area contributed by atoms with Crippen LogP contribution >= 0.6 is 11.8 Å². The molecule has 0 spiro atoms. The van der Waals surface area contributed by atoms with Crippen LogP contribution in [0.15, 0.2) is 18.5 Å². The second kappa shape index (κ2) is 6.36. The van der Waals surface area contributed by atoms with E-state index in [0.717, 1.165) is 5.75 Å². The summed E-state index contributed by atoms with van der Waals surface area (Å²) >= 11 is 1.50. The molecule has 3 N–H and O–H groups in total. The van der Waals surface area contributed by atoms with Gasteiger partial charge in [0, 0.05) is 24.2 Å². The maximum atomic E-state index is 11.3. The fraction of sp³-hybridized carbons (Fsp3) is 0.444. The first-order valence-corrected chi connectivity index (χ1v) is 5.74. The molecule has 1 aromatic rings. The Morgan fingerprint density at radius 1 is 1.60 bits per heavy atom. The van der Waals surface area contributed by atoms with Gasteiger partial charge >= 0.3 is 0 Å². The van der Waals surface area contributed by atoms with Crippen LogP contribution in [0.4, 0.5) is 5.95 Å². The molecule has 6 heteroatoms. The molecule has 0 fully saturated rings. The van der Waals surface area contributed by atoms with Crippen molar-refractivity contribution in [3.63, 3.8) is 0 Å². The standard InChI is InChI=1S/C9H14N4OS/c1-7(10)5-15-6-8(14)13-9-11-3-2-4-12-9/h2-4,7H,5-6,10H2,1H3,(H,11,12,13,14). The number of nitrogens with zero attached hydrogens (tertiary/aromatic N) is 2. The second-order valence-corrected chi connectivity index (χ2v) is 4.14. The molecule has 82 valence electrons. The summed E-state index contributed by atoms with van der Waals surface area (Å²) in [5.74, 6) is 1.37. The van der Waals surface area contributed by atoms with E-state index in [0.29, 0.717) is 11.7 Å². The lowest BCUT2D eigenvalue weighted by atomic mass is 10.4. The van der Waals surface area contributed by atoms with Crippen molar-refractivity contribution in [1.29, 1.82) is 0 Å². The van der Waals surface area contributed by atoms with Gasteiger partial charge in [-0.3, -0.25) is 10.1 Å². The van der Waals surface area contributed by atoms with Crippen LogP contribution in [0.3, 0.4) is 0 Å². The van der Waals surface area contributed by atoms with Crippen LogP contribution < -0.4 is 11.1 Å². The van der Waals surface area contributed by atoms with E-state index < -0.39 is 0 Å². The topological polar surface area (TPSA) is 80.9 Å². The van der Waals surface area contributed by atoms with Crippen molar-refractivity contribution in [1.82, 2.24) is 9.97 Å². The van der Waals surface area contributed by atoms with Gasteiger partial charge in [0.25, 0.3) is 0 Å². The zero-order valence-corrected chi connectivity index (χ0v) is 9.33. The highest BCUT2D eigenvalue weighted by Crippen LogP contribution is 2.02. The summed E-state index contributed by atoms with van der Waals surface area (Å²) in [6, 6.07) is 1.80. The third kappa shape index (κ3) is 5.34. The molecule has 1 rings (SSSR count). The first kappa shape index (κ1) is 11.9. The minimum atomic E-state index is -0.105. The van der Waals surface area contributed by atoms with E-state index in [9.17, 15) is 4.79 Å². The van der Waals surface area contributed by atoms with E-state index in [4.69, 9.17) is 5.73 Å². The van der Waals surface area contributed by atoms with Crippen molar-refractivity contribution >= 4 is 23.6 Å². The first-order chi connectivity index (χ1) is 7.18. The van der Waals surface area contributed by atoms with Gasteiger partial charge in [-0.15, -0.1) is 0 Å². The largest absolute Gasteiger partial charge is 0.327 e. The van der Waals surface area contributed by atoms with Crippen molar-refractivity contribution in [2.75, 3.05) is 16.8 Å². The second-order valence-electron chi connectivity index (χ2n) is 3.11. The Labute approximate surface area is 92.9 Å². The molecular weight excluding hydrogens is 212 g/mol. The molecule has 0 radical (unpaired) electrons. The highest BCUT2D eigenvalue weighted by molar-refractivity contribution is 8.00. The van der Waals surface area contributed by atoms with Gasteiger partial charge in [-0.2, -0.15) is 11.8 Å². The van der Waals surface area contributed by atoms with Gasteiger partial charge < -0.3 is 5.73 Å². The fourth-order valence-electron chi connectivity index (χ4n) is 0.862. The molecule has 1 atom stereocenters. The van der Waals surface area contributed by atoms with Crippen LogP contribution in [0, 0.1) is 0 Å². The number of amides is 1. The average molecular weight is 226 g/mol. The van der Waals surface area contributed by atoms with Gasteiger partial charge in [-0.05, 0) is 13.0 Å². The van der Waals surface area contributed by atoms with E-state index in [1.165, 1.54) is 11.8 Å². The van der Waals surface area contributed by atoms with Gasteiger partial charge in [0.1, 0.15) is 0 Å². The number of nitrogens with one attached hydrogen (secondary N) is 1. The van der Waals surface area contributed by atoms with Crippen molar-refractivity contribution < 1.29 is 4.79 Å². The summed E-state index contributed by atoms with van der Waals surface area (Å²) in [7, 11) is 0. The molecule has 1 unspecified atom stereocenters. The molecule has 0 aromatic carbocycles. The number of aromatic nitrogens is 2. The Kier molecular flexibility index (Phi) is 5.06. The van der Waals surface area contributed by atoms with Crippen LogP contribution in [0.1, 0.15) is 6.92 Å². The predicted molar refractivity (Wildman–Crippen MR) is 61.6 cm³/mol. The Morgan fingerprint density at radius 2 is 2.27 bits per heavy atom. The van der Waals surface area contributed by atoms with Crippen LogP contribution in [0.2, 0.25) is 0 Å². The molecule has 0 saturated carbocycles. The molecule has 0 bridgehead atoms. The van der Waals surface area contributed by atoms with Crippen LogP contribution in [-0.4, -0.2) is 33.4 Å². The van der Waals surface area contributed by atoms with E-state index in [-0.39, 0.29) is 11.9 Å². The lowest BCUT2D eigenvalue weighted by molar-refractivity contribution is -0.113. The van der Waals surface area contributed by atoms with Crippen molar-refractivity contribution in [2.24, 2.45) is 5.73 Å². The lowest BCUT2D eigenvalue weighted by Gasteiger charge is -2.04. The Bertz CT molecular complexity index is 304. The summed E-state index contributed by atoms with van der Waals surface area (Å²) in [5.41, 5.74) is 5.55. The van der Waals surface area contributed by atoms with E-state index in [1.54, 1.807) is 18.5 Å². The van der Waals surface area contributed by atoms with Gasteiger partial charge in [-0.25, -0.2) is 9.97 Å². The predicted octanol–water partition coefficient (Wildman–Crippen LogP) is 0.495. The average Bonchev–Trinajstić information content (AvgIpc) is 2.18. The molecular formula is C9H14N4OS. The molecule has 1 aromatic heterocycles. The van der Waals surface area contributed by atoms with E-state index >= 15 is 0 Å². The van der Waals surface area contributed by atoms with Crippen LogP contribution in [-0.2, 0) is 4.79 Å².